The molecule has 1 amide bonds. The molecule has 0 unspecified atom stereocenters. The highest BCUT2D eigenvalue weighted by molar-refractivity contribution is 7.19. The number of carbonyl (C=O) groups excluding carboxylic acids is 1. The fourth-order valence-corrected chi connectivity index (χ4v) is 5.80. The van der Waals surface area contributed by atoms with Crippen LogP contribution in [-0.2, 0) is 23.9 Å². The van der Waals surface area contributed by atoms with E-state index in [2.05, 4.69) is 15.1 Å². The lowest BCUT2D eigenvalue weighted by Gasteiger charge is -2.08. The van der Waals surface area contributed by atoms with E-state index in [0.717, 1.165) is 36.3 Å². The van der Waals surface area contributed by atoms with Crippen molar-refractivity contribution in [2.24, 2.45) is 5.73 Å². The first kappa shape index (κ1) is 26.9. The maximum Gasteiger partial charge on any atom is 0.416 e. The number of carbonyl (C=O) groups is 1. The van der Waals surface area contributed by atoms with Crippen LogP contribution >= 0.6 is 34.5 Å². The molecule has 0 bridgehead atoms. The predicted molar refractivity (Wildman–Crippen MR) is 137 cm³/mol. The van der Waals surface area contributed by atoms with Crippen LogP contribution < -0.4 is 5.73 Å². The Morgan fingerprint density at radius 3 is 2.58 bits per heavy atom. The second-order valence-electron chi connectivity index (χ2n) is 8.98. The molecule has 3 aromatic heterocycles. The van der Waals surface area contributed by atoms with Gasteiger partial charge in [0.2, 0.25) is 5.91 Å². The van der Waals surface area contributed by atoms with Crippen LogP contribution in [0.2, 0.25) is 10.0 Å². The molecule has 0 spiro atoms. The van der Waals surface area contributed by atoms with E-state index in [1.54, 1.807) is 0 Å². The zero-order chi connectivity index (χ0) is 27.0. The van der Waals surface area contributed by atoms with Crippen molar-refractivity contribution in [3.05, 3.63) is 62.0 Å². The predicted octanol–water partition coefficient (Wildman–Crippen LogP) is 7.19. The van der Waals surface area contributed by atoms with Gasteiger partial charge in [-0.25, -0.2) is 4.98 Å². The van der Waals surface area contributed by atoms with Crippen LogP contribution in [0.5, 0.6) is 0 Å². The minimum absolute atomic E-state index is 0.117. The molecule has 13 heteroatoms. The van der Waals surface area contributed by atoms with Crippen molar-refractivity contribution >= 4 is 50.7 Å². The van der Waals surface area contributed by atoms with E-state index in [1.165, 1.54) is 23.7 Å². The Morgan fingerprint density at radius 2 is 1.92 bits per heavy atom. The molecule has 0 radical (unpaired) electrons. The number of nitrogens with zero attached hydrogens (tertiary/aromatic N) is 3. The Kier molecular flexibility index (Phi) is 7.63. The number of rotatable bonds is 10. The lowest BCUT2D eigenvalue weighted by atomic mass is 10.1. The molecule has 0 aliphatic heterocycles. The van der Waals surface area contributed by atoms with E-state index in [1.807, 2.05) is 0 Å². The normalized spacial score (nSPS) is 13.9. The summed E-state index contributed by atoms with van der Waals surface area (Å²) in [5, 5.41) is 5.59. The van der Waals surface area contributed by atoms with Gasteiger partial charge in [-0.3, -0.25) is 9.78 Å². The molecule has 0 saturated heterocycles. The Hall–Kier alpha value is -2.73. The topological polar surface area (TPSA) is 104 Å². The smallest absolute Gasteiger partial charge is 0.377 e. The Labute approximate surface area is 229 Å². The van der Waals surface area contributed by atoms with E-state index >= 15 is 0 Å². The van der Waals surface area contributed by atoms with Gasteiger partial charge in [0.15, 0.2) is 0 Å². The van der Waals surface area contributed by atoms with Crippen molar-refractivity contribution in [3.63, 3.8) is 0 Å². The number of nitrogens with two attached hydrogens (primary N) is 1. The average Bonchev–Trinajstić information content (AvgIpc) is 3.48. The molecular formula is C25H21Cl2F3N4O3S. The van der Waals surface area contributed by atoms with E-state index in [0.29, 0.717) is 62.8 Å². The Morgan fingerprint density at radius 1 is 1.18 bits per heavy atom. The van der Waals surface area contributed by atoms with Crippen LogP contribution in [0.25, 0.3) is 21.5 Å². The summed E-state index contributed by atoms with van der Waals surface area (Å²) in [6.07, 6.45) is 2.32. The van der Waals surface area contributed by atoms with Crippen LogP contribution in [0.4, 0.5) is 13.2 Å². The summed E-state index contributed by atoms with van der Waals surface area (Å²) in [5.74, 6) is 0.163. The van der Waals surface area contributed by atoms with E-state index in [-0.39, 0.29) is 17.7 Å². The molecule has 200 valence electrons. The quantitative estimate of drug-likeness (QED) is 0.198. The van der Waals surface area contributed by atoms with Gasteiger partial charge >= 0.3 is 6.18 Å². The fraction of sp³-hybridized carbons (Fsp3) is 0.360. The lowest BCUT2D eigenvalue weighted by molar-refractivity contribution is -0.137. The molecule has 2 N–H and O–H groups in total. The Balaban J connectivity index is 1.21. The molecule has 5 rings (SSSR count). The van der Waals surface area contributed by atoms with Crippen LogP contribution in [0, 0.1) is 0 Å². The molecule has 1 fully saturated rings. The molecule has 3 heterocycles. The monoisotopic (exact) mass is 584 g/mol. The second-order valence-corrected chi connectivity index (χ2v) is 10.9. The third kappa shape index (κ3) is 5.66. The van der Waals surface area contributed by atoms with E-state index in [9.17, 15) is 18.0 Å². The number of benzene rings is 1. The summed E-state index contributed by atoms with van der Waals surface area (Å²) in [7, 11) is 0. The summed E-state index contributed by atoms with van der Waals surface area (Å²) in [4.78, 5) is 20.0. The number of pyridine rings is 1. The highest BCUT2D eigenvalue weighted by Crippen LogP contribution is 2.46. The zero-order valence-corrected chi connectivity index (χ0v) is 22.1. The van der Waals surface area contributed by atoms with Crippen molar-refractivity contribution in [1.82, 2.24) is 15.1 Å². The van der Waals surface area contributed by atoms with Crippen molar-refractivity contribution < 1.29 is 27.2 Å². The highest BCUT2D eigenvalue weighted by Gasteiger charge is 2.34. The number of unbranched alkanes of at least 4 members (excludes halogenated alkanes) is 1. The number of amides is 1. The number of halogens is 5. The largest absolute Gasteiger partial charge is 0.416 e. The van der Waals surface area contributed by atoms with Gasteiger partial charge in [0.05, 0.1) is 43.0 Å². The van der Waals surface area contributed by atoms with E-state index < -0.39 is 17.6 Å². The minimum atomic E-state index is -4.60. The fourth-order valence-electron chi connectivity index (χ4n) is 4.15. The summed E-state index contributed by atoms with van der Waals surface area (Å²) >= 11 is 13.8. The van der Waals surface area contributed by atoms with Gasteiger partial charge in [-0.05, 0) is 44.2 Å². The van der Waals surface area contributed by atoms with Crippen LogP contribution in [-0.4, -0.2) is 27.6 Å². The van der Waals surface area contributed by atoms with Gasteiger partial charge in [-0.1, -0.05) is 28.4 Å². The van der Waals surface area contributed by atoms with E-state index in [4.69, 9.17) is 38.2 Å². The number of fused-ring (bicyclic) bond motifs is 1. The first-order valence-corrected chi connectivity index (χ1v) is 13.4. The number of ether oxygens (including phenoxy) is 1. The number of aromatic nitrogens is 3. The van der Waals surface area contributed by atoms with Crippen molar-refractivity contribution in [2.75, 3.05) is 6.61 Å². The summed E-state index contributed by atoms with van der Waals surface area (Å²) in [6.45, 7) is 0.700. The van der Waals surface area contributed by atoms with Gasteiger partial charge in [0.25, 0.3) is 0 Å². The molecule has 1 aliphatic rings. The van der Waals surface area contributed by atoms with Gasteiger partial charge in [-0.15, -0.1) is 11.3 Å². The standard InChI is InChI=1S/C25H21Cl2F3N4O3S/c26-16-9-32-10-17(27)20(16)21-15(22(37-34-21)12-4-5-12)11-36-6-2-1-3-19-33-18-8-13(25(28,29)30)7-14(24(31)35)23(18)38-19/h7-10,12H,1-6,11H2,(H2,31,35). The summed E-state index contributed by atoms with van der Waals surface area (Å²) in [6, 6.07) is 1.72. The number of thiazole rings is 1. The third-order valence-electron chi connectivity index (χ3n) is 6.16. The van der Waals surface area contributed by atoms with Crippen molar-refractivity contribution in [2.45, 2.75) is 50.8 Å². The Bertz CT molecular complexity index is 1480. The molecule has 4 aromatic rings. The second kappa shape index (κ2) is 10.8. The maximum absolute atomic E-state index is 13.2. The summed E-state index contributed by atoms with van der Waals surface area (Å²) < 4.78 is 51.5. The minimum Gasteiger partial charge on any atom is -0.377 e. The molecule has 7 nitrogen and oxygen atoms in total. The number of aryl methyl sites for hydroxylation is 1. The zero-order valence-electron chi connectivity index (χ0n) is 19.8. The molecule has 1 aliphatic carbocycles. The first-order valence-electron chi connectivity index (χ1n) is 11.8. The number of hydrogen-bond donors (Lipinski definition) is 1. The number of hydrogen-bond acceptors (Lipinski definition) is 7. The number of primary amides is 1. The third-order valence-corrected chi connectivity index (χ3v) is 7.90. The molecular weight excluding hydrogens is 564 g/mol. The van der Waals surface area contributed by atoms with Crippen LogP contribution in [0.3, 0.4) is 0 Å². The van der Waals surface area contributed by atoms with Crippen LogP contribution in [0.15, 0.2) is 29.0 Å². The van der Waals surface area contributed by atoms with Gasteiger partial charge < -0.3 is 15.0 Å². The number of alkyl halides is 3. The molecule has 1 saturated carbocycles. The highest BCUT2D eigenvalue weighted by atomic mass is 35.5. The van der Waals surface area contributed by atoms with Crippen molar-refractivity contribution in [1.29, 1.82) is 0 Å². The molecule has 38 heavy (non-hydrogen) atoms. The molecule has 1 aromatic carbocycles. The first-order chi connectivity index (χ1) is 18.1. The molecule has 0 atom stereocenters. The van der Waals surface area contributed by atoms with Gasteiger partial charge in [-0.2, -0.15) is 13.2 Å². The van der Waals surface area contributed by atoms with Crippen molar-refractivity contribution in [3.8, 4) is 11.3 Å². The van der Waals surface area contributed by atoms with Gasteiger partial charge in [0.1, 0.15) is 11.5 Å². The maximum atomic E-state index is 13.2. The van der Waals surface area contributed by atoms with Crippen LogP contribution in [0.1, 0.15) is 63.9 Å². The SMILES string of the molecule is NC(=O)c1cc(C(F)(F)F)cc2nc(CCCCOCc3c(-c4c(Cl)cncc4Cl)noc3C3CC3)sc12. The average molecular weight is 585 g/mol. The summed E-state index contributed by atoms with van der Waals surface area (Å²) in [5.41, 5.74) is 6.23. The lowest BCUT2D eigenvalue weighted by Crippen LogP contribution is -2.13. The van der Waals surface area contributed by atoms with Gasteiger partial charge in [0, 0.05) is 36.0 Å².